The second-order valence-corrected chi connectivity index (χ2v) is 9.79. The zero-order chi connectivity index (χ0) is 25.8. The molecule has 3 heterocycles. The highest BCUT2D eigenvalue weighted by Crippen LogP contribution is 2.44. The average molecular weight is 502 g/mol. The van der Waals surface area contributed by atoms with E-state index in [1.54, 1.807) is 19.3 Å². The number of pyridine rings is 1. The molecule has 5 rings (SSSR count). The molecule has 1 amide bonds. The molecule has 1 fully saturated rings. The Kier molecular flexibility index (Phi) is 7.35. The van der Waals surface area contributed by atoms with Crippen molar-refractivity contribution in [1.82, 2.24) is 15.2 Å². The molecular formula is C30H32FN3O3. The minimum absolute atomic E-state index is 0.116. The number of aromatic nitrogens is 1. The summed E-state index contributed by atoms with van der Waals surface area (Å²) in [6, 6.07) is 17.8. The number of rotatable bonds is 7. The summed E-state index contributed by atoms with van der Waals surface area (Å²) < 4.78 is 25.6. The van der Waals surface area contributed by atoms with E-state index in [0.717, 1.165) is 66.1 Å². The molecule has 1 saturated heterocycles. The van der Waals surface area contributed by atoms with Crippen molar-refractivity contribution in [2.75, 3.05) is 20.1 Å². The Hall–Kier alpha value is -3.55. The third kappa shape index (κ3) is 5.73. The molecule has 37 heavy (non-hydrogen) atoms. The number of hydrogen-bond donors (Lipinski definition) is 1. The standard InChI is InChI=1S/C30H32FN3O3/c1-21(15-29(35)32-2)24-7-9-26(10-8-24)36-19-23-5-3-22(4-6-23)18-34-13-11-30(12-14-34)27-17-33-28(31)16-25(27)20-37-30/h3-10,15-17H,11-14,18-20H2,1-2H3,(H,32,35)/b21-15+. The molecule has 7 heteroatoms. The van der Waals surface area contributed by atoms with Crippen molar-refractivity contribution >= 4 is 11.5 Å². The van der Waals surface area contributed by atoms with Gasteiger partial charge in [-0.25, -0.2) is 4.98 Å². The summed E-state index contributed by atoms with van der Waals surface area (Å²) in [4.78, 5) is 17.8. The smallest absolute Gasteiger partial charge is 0.244 e. The normalized spacial score (nSPS) is 17.0. The number of halogens is 1. The lowest BCUT2D eigenvalue weighted by atomic mass is 9.84. The van der Waals surface area contributed by atoms with Crippen LogP contribution in [0.5, 0.6) is 5.75 Å². The van der Waals surface area contributed by atoms with Gasteiger partial charge in [-0.15, -0.1) is 0 Å². The number of carbonyl (C=O) groups is 1. The maximum absolute atomic E-state index is 13.5. The summed E-state index contributed by atoms with van der Waals surface area (Å²) in [5.41, 5.74) is 5.93. The van der Waals surface area contributed by atoms with Crippen LogP contribution in [0.4, 0.5) is 4.39 Å². The largest absolute Gasteiger partial charge is 0.489 e. The van der Waals surface area contributed by atoms with Crippen LogP contribution in [0.3, 0.4) is 0 Å². The fourth-order valence-electron chi connectivity index (χ4n) is 5.11. The van der Waals surface area contributed by atoms with Crippen molar-refractivity contribution in [2.45, 2.75) is 45.1 Å². The summed E-state index contributed by atoms with van der Waals surface area (Å²) in [5, 5.41) is 2.60. The SMILES string of the molecule is CNC(=O)/C=C(\C)c1ccc(OCc2ccc(CN3CCC4(CC3)OCc3cc(F)ncc34)cc2)cc1. The van der Waals surface area contributed by atoms with Crippen LogP contribution in [0, 0.1) is 5.95 Å². The van der Waals surface area contributed by atoms with Gasteiger partial charge in [-0.3, -0.25) is 9.69 Å². The summed E-state index contributed by atoms with van der Waals surface area (Å²) in [7, 11) is 1.62. The third-order valence-corrected chi connectivity index (χ3v) is 7.35. The van der Waals surface area contributed by atoms with Gasteiger partial charge >= 0.3 is 0 Å². The molecule has 2 aliphatic heterocycles. The van der Waals surface area contributed by atoms with Gasteiger partial charge in [0.05, 0.1) is 12.2 Å². The van der Waals surface area contributed by atoms with Gasteiger partial charge in [-0.2, -0.15) is 4.39 Å². The number of likely N-dealkylation sites (tertiary alicyclic amines) is 1. The minimum Gasteiger partial charge on any atom is -0.489 e. The van der Waals surface area contributed by atoms with E-state index in [2.05, 4.69) is 39.5 Å². The zero-order valence-electron chi connectivity index (χ0n) is 21.3. The van der Waals surface area contributed by atoms with E-state index in [4.69, 9.17) is 9.47 Å². The first-order valence-electron chi connectivity index (χ1n) is 12.7. The van der Waals surface area contributed by atoms with E-state index in [1.165, 1.54) is 11.6 Å². The fourth-order valence-corrected chi connectivity index (χ4v) is 5.11. The van der Waals surface area contributed by atoms with Crippen molar-refractivity contribution in [3.05, 3.63) is 101 Å². The van der Waals surface area contributed by atoms with Crippen LogP contribution in [0.2, 0.25) is 0 Å². The van der Waals surface area contributed by atoms with Gasteiger partial charge in [0, 0.05) is 44.5 Å². The number of allylic oxidation sites excluding steroid dienone is 1. The maximum atomic E-state index is 13.5. The number of likely N-dealkylation sites (N-methyl/N-ethyl adjacent to an activating group) is 1. The first-order valence-corrected chi connectivity index (χ1v) is 12.7. The zero-order valence-corrected chi connectivity index (χ0v) is 21.3. The lowest BCUT2D eigenvalue weighted by Gasteiger charge is -2.39. The number of amides is 1. The molecule has 1 aromatic heterocycles. The van der Waals surface area contributed by atoms with Crippen LogP contribution in [0.15, 0.2) is 66.9 Å². The van der Waals surface area contributed by atoms with E-state index in [0.29, 0.717) is 13.2 Å². The van der Waals surface area contributed by atoms with E-state index >= 15 is 0 Å². The van der Waals surface area contributed by atoms with Crippen LogP contribution in [-0.4, -0.2) is 35.9 Å². The number of ether oxygens (including phenoxy) is 2. The van der Waals surface area contributed by atoms with Crippen LogP contribution in [0.1, 0.15) is 47.6 Å². The van der Waals surface area contributed by atoms with Gasteiger partial charge in [-0.1, -0.05) is 36.4 Å². The van der Waals surface area contributed by atoms with Crippen LogP contribution in [0.25, 0.3) is 5.57 Å². The van der Waals surface area contributed by atoms with Crippen molar-refractivity contribution in [3.63, 3.8) is 0 Å². The molecule has 0 saturated carbocycles. The molecule has 2 aliphatic rings. The van der Waals surface area contributed by atoms with Gasteiger partial charge < -0.3 is 14.8 Å². The van der Waals surface area contributed by atoms with Gasteiger partial charge in [-0.05, 0) is 65.8 Å². The highest BCUT2D eigenvalue weighted by atomic mass is 19.1. The van der Waals surface area contributed by atoms with Crippen LogP contribution >= 0.6 is 0 Å². The molecule has 0 radical (unpaired) electrons. The number of fused-ring (bicyclic) bond motifs is 2. The first-order chi connectivity index (χ1) is 17.9. The lowest BCUT2D eigenvalue weighted by molar-refractivity contribution is -0.116. The molecule has 3 aromatic rings. The van der Waals surface area contributed by atoms with Crippen LogP contribution in [-0.2, 0) is 34.9 Å². The molecule has 0 aliphatic carbocycles. The quantitative estimate of drug-likeness (QED) is 0.366. The molecule has 0 bridgehead atoms. The number of carbonyl (C=O) groups excluding carboxylic acids is 1. The molecule has 6 nitrogen and oxygen atoms in total. The second kappa shape index (κ2) is 10.8. The van der Waals surface area contributed by atoms with Crippen molar-refractivity contribution in [2.24, 2.45) is 0 Å². The van der Waals surface area contributed by atoms with E-state index in [9.17, 15) is 9.18 Å². The monoisotopic (exact) mass is 501 g/mol. The Morgan fingerprint density at radius 1 is 1.14 bits per heavy atom. The van der Waals surface area contributed by atoms with Crippen molar-refractivity contribution < 1.29 is 18.7 Å². The highest BCUT2D eigenvalue weighted by molar-refractivity contribution is 5.94. The third-order valence-electron chi connectivity index (χ3n) is 7.35. The number of benzene rings is 2. The number of nitrogens with one attached hydrogen (secondary N) is 1. The van der Waals surface area contributed by atoms with Crippen molar-refractivity contribution in [3.8, 4) is 5.75 Å². The molecule has 192 valence electrons. The summed E-state index contributed by atoms with van der Waals surface area (Å²) >= 11 is 0. The predicted octanol–water partition coefficient (Wildman–Crippen LogP) is 4.97. The fraction of sp³-hybridized carbons (Fsp3) is 0.333. The first kappa shape index (κ1) is 25.1. The molecule has 2 aromatic carbocycles. The molecule has 0 unspecified atom stereocenters. The Balaban J connectivity index is 1.11. The summed E-state index contributed by atoms with van der Waals surface area (Å²) in [6.07, 6.45) is 5.02. The van der Waals surface area contributed by atoms with E-state index in [-0.39, 0.29) is 11.5 Å². The van der Waals surface area contributed by atoms with Gasteiger partial charge in [0.25, 0.3) is 0 Å². The highest BCUT2D eigenvalue weighted by Gasteiger charge is 2.43. The number of nitrogens with zero attached hydrogens (tertiary/aromatic N) is 2. The molecule has 1 N–H and O–H groups in total. The predicted molar refractivity (Wildman–Crippen MR) is 140 cm³/mol. The Bertz CT molecular complexity index is 1280. The molecular weight excluding hydrogens is 469 g/mol. The Labute approximate surface area is 217 Å². The van der Waals surface area contributed by atoms with Crippen LogP contribution < -0.4 is 10.1 Å². The van der Waals surface area contributed by atoms with E-state index < -0.39 is 5.95 Å². The van der Waals surface area contributed by atoms with E-state index in [1.807, 2.05) is 31.2 Å². The maximum Gasteiger partial charge on any atom is 0.244 e. The van der Waals surface area contributed by atoms with Gasteiger partial charge in [0.2, 0.25) is 11.9 Å². The lowest BCUT2D eigenvalue weighted by Crippen LogP contribution is -2.42. The summed E-state index contributed by atoms with van der Waals surface area (Å²) in [5.74, 6) is 0.233. The Morgan fingerprint density at radius 3 is 2.54 bits per heavy atom. The topological polar surface area (TPSA) is 63.7 Å². The number of piperidine rings is 1. The van der Waals surface area contributed by atoms with Gasteiger partial charge in [0.1, 0.15) is 12.4 Å². The summed E-state index contributed by atoms with van der Waals surface area (Å²) in [6.45, 7) is 5.61. The van der Waals surface area contributed by atoms with Crippen molar-refractivity contribution in [1.29, 1.82) is 0 Å². The number of hydrogen-bond acceptors (Lipinski definition) is 5. The molecule has 0 atom stereocenters. The minimum atomic E-state index is -0.439. The average Bonchev–Trinajstić information content (AvgIpc) is 3.26. The second-order valence-electron chi connectivity index (χ2n) is 9.79. The Morgan fingerprint density at radius 2 is 1.84 bits per heavy atom. The van der Waals surface area contributed by atoms with Gasteiger partial charge in [0.15, 0.2) is 0 Å². The molecule has 1 spiro atoms.